The Morgan fingerprint density at radius 1 is 1.24 bits per heavy atom. The average Bonchev–Trinajstić information content (AvgIpc) is 2.83. The fourth-order valence-electron chi connectivity index (χ4n) is 1.95. The summed E-state index contributed by atoms with van der Waals surface area (Å²) in [5.41, 5.74) is 2.96. The lowest BCUT2D eigenvalue weighted by molar-refractivity contribution is 0.199. The minimum absolute atomic E-state index is 0.532. The van der Waals surface area contributed by atoms with Crippen molar-refractivity contribution in [2.45, 2.75) is 23.6 Å². The number of hydrogen-bond donors (Lipinski definition) is 0. The van der Waals surface area contributed by atoms with Crippen LogP contribution in [0.4, 0.5) is 0 Å². The summed E-state index contributed by atoms with van der Waals surface area (Å²) in [6.07, 6.45) is 1.11. The number of nitrogens with zero attached hydrogens (tertiary/aromatic N) is 2. The van der Waals surface area contributed by atoms with Crippen molar-refractivity contribution in [3.05, 3.63) is 30.0 Å². The van der Waals surface area contributed by atoms with Crippen molar-refractivity contribution < 1.29 is 4.74 Å². The average molecular weight is 246 g/mol. The van der Waals surface area contributed by atoms with Gasteiger partial charge in [-0.3, -0.25) is 0 Å². The molecule has 0 amide bonds. The second-order valence-electron chi connectivity index (χ2n) is 4.21. The van der Waals surface area contributed by atoms with E-state index in [1.54, 1.807) is 11.8 Å². The highest BCUT2D eigenvalue weighted by atomic mass is 32.2. The maximum atomic E-state index is 5.39. The van der Waals surface area contributed by atoms with Crippen LogP contribution in [-0.2, 0) is 4.74 Å². The quantitative estimate of drug-likeness (QED) is 0.816. The lowest BCUT2D eigenvalue weighted by atomic mass is 10.3. The molecule has 2 aromatic rings. The van der Waals surface area contributed by atoms with Crippen molar-refractivity contribution in [2.75, 3.05) is 13.2 Å². The Bertz CT molecular complexity index is 538. The van der Waals surface area contributed by atoms with Crippen LogP contribution in [0.25, 0.3) is 11.0 Å². The van der Waals surface area contributed by atoms with Crippen molar-refractivity contribution in [2.24, 2.45) is 0 Å². The largest absolute Gasteiger partial charge is 0.380 e. The normalized spacial score (nSPS) is 19.9. The first-order valence-corrected chi connectivity index (χ1v) is 6.69. The third-order valence-electron chi connectivity index (χ3n) is 2.87. The summed E-state index contributed by atoms with van der Waals surface area (Å²) in [5.74, 6) is 0. The van der Waals surface area contributed by atoms with E-state index in [9.17, 15) is 0 Å². The van der Waals surface area contributed by atoms with E-state index in [4.69, 9.17) is 4.74 Å². The molecule has 1 aliphatic rings. The molecule has 88 valence electrons. The zero-order valence-electron chi connectivity index (χ0n) is 9.72. The number of para-hydroxylation sites is 2. The number of fused-ring (bicyclic) bond motifs is 1. The van der Waals surface area contributed by atoms with Crippen LogP contribution in [0.1, 0.15) is 12.1 Å². The highest BCUT2D eigenvalue weighted by molar-refractivity contribution is 7.99. The molecule has 1 aromatic heterocycles. The predicted octanol–water partition coefficient (Wildman–Crippen LogP) is 2.82. The Hall–Kier alpha value is -1.13. The number of thioether (sulfide) groups is 1. The van der Waals surface area contributed by atoms with Gasteiger partial charge < -0.3 is 4.74 Å². The van der Waals surface area contributed by atoms with Gasteiger partial charge in [-0.1, -0.05) is 23.9 Å². The number of aromatic nitrogens is 2. The molecule has 0 saturated carbocycles. The molecular weight excluding hydrogens is 232 g/mol. The summed E-state index contributed by atoms with van der Waals surface area (Å²) in [6.45, 7) is 3.73. The van der Waals surface area contributed by atoms with E-state index >= 15 is 0 Å². The van der Waals surface area contributed by atoms with Crippen molar-refractivity contribution in [1.29, 1.82) is 0 Å². The molecule has 3 rings (SSSR count). The number of hydrogen-bond acceptors (Lipinski definition) is 4. The molecule has 0 unspecified atom stereocenters. The van der Waals surface area contributed by atoms with E-state index < -0.39 is 0 Å². The van der Waals surface area contributed by atoms with Gasteiger partial charge in [-0.2, -0.15) is 0 Å². The fraction of sp³-hybridized carbons (Fsp3) is 0.385. The van der Waals surface area contributed by atoms with Gasteiger partial charge in [0.1, 0.15) is 5.03 Å². The second-order valence-corrected chi connectivity index (χ2v) is 5.50. The van der Waals surface area contributed by atoms with Crippen molar-refractivity contribution >= 4 is 22.8 Å². The summed E-state index contributed by atoms with van der Waals surface area (Å²) in [6, 6.07) is 8.01. The Morgan fingerprint density at radius 3 is 2.71 bits per heavy atom. The molecule has 1 fully saturated rings. The van der Waals surface area contributed by atoms with Gasteiger partial charge >= 0.3 is 0 Å². The predicted molar refractivity (Wildman–Crippen MR) is 69.4 cm³/mol. The lowest BCUT2D eigenvalue weighted by Crippen LogP contribution is -2.03. The van der Waals surface area contributed by atoms with Gasteiger partial charge in [0, 0.05) is 11.9 Å². The highest BCUT2D eigenvalue weighted by Crippen LogP contribution is 2.29. The molecule has 1 atom stereocenters. The van der Waals surface area contributed by atoms with Gasteiger partial charge in [-0.15, -0.1) is 0 Å². The molecule has 0 aliphatic carbocycles. The van der Waals surface area contributed by atoms with Gasteiger partial charge in [0.25, 0.3) is 0 Å². The van der Waals surface area contributed by atoms with Gasteiger partial charge in [-0.05, 0) is 25.5 Å². The Balaban J connectivity index is 1.95. The molecule has 1 aliphatic heterocycles. The third kappa shape index (κ3) is 2.28. The van der Waals surface area contributed by atoms with E-state index in [-0.39, 0.29) is 0 Å². The van der Waals surface area contributed by atoms with Crippen LogP contribution in [0.3, 0.4) is 0 Å². The molecule has 4 heteroatoms. The van der Waals surface area contributed by atoms with Gasteiger partial charge in [0.15, 0.2) is 0 Å². The standard InChI is InChI=1S/C13H14N2OS/c1-9-13(17-10-6-7-16-8-10)15-12-5-3-2-4-11(12)14-9/h2-5,10H,6-8H2,1H3/t10-/m0/s1. The SMILES string of the molecule is Cc1nc2ccccc2nc1S[C@H]1CCOC1. The van der Waals surface area contributed by atoms with Crippen molar-refractivity contribution in [3.8, 4) is 0 Å². The number of rotatable bonds is 2. The minimum atomic E-state index is 0.532. The summed E-state index contributed by atoms with van der Waals surface area (Å²) >= 11 is 1.79. The first-order chi connectivity index (χ1) is 8.33. The number of ether oxygens (including phenoxy) is 1. The molecule has 1 saturated heterocycles. The maximum absolute atomic E-state index is 5.39. The molecular formula is C13H14N2OS. The van der Waals surface area contributed by atoms with Crippen LogP contribution in [0.15, 0.2) is 29.3 Å². The van der Waals surface area contributed by atoms with Crippen LogP contribution in [0, 0.1) is 6.92 Å². The van der Waals surface area contributed by atoms with Crippen LogP contribution >= 0.6 is 11.8 Å². The van der Waals surface area contributed by atoms with Crippen LogP contribution in [-0.4, -0.2) is 28.4 Å². The molecule has 0 radical (unpaired) electrons. The summed E-state index contributed by atoms with van der Waals surface area (Å²) in [4.78, 5) is 9.28. The number of benzene rings is 1. The van der Waals surface area contributed by atoms with E-state index in [1.807, 2.05) is 31.2 Å². The summed E-state index contributed by atoms with van der Waals surface area (Å²) < 4.78 is 5.39. The molecule has 0 spiro atoms. The number of aryl methyl sites for hydroxylation is 1. The minimum Gasteiger partial charge on any atom is -0.380 e. The zero-order chi connectivity index (χ0) is 11.7. The lowest BCUT2D eigenvalue weighted by Gasteiger charge is -2.09. The highest BCUT2D eigenvalue weighted by Gasteiger charge is 2.19. The topological polar surface area (TPSA) is 35.0 Å². The Labute approximate surface area is 105 Å². The van der Waals surface area contributed by atoms with E-state index in [0.717, 1.165) is 41.4 Å². The van der Waals surface area contributed by atoms with Gasteiger partial charge in [0.05, 0.1) is 23.3 Å². The molecule has 0 bridgehead atoms. The zero-order valence-corrected chi connectivity index (χ0v) is 10.5. The van der Waals surface area contributed by atoms with E-state index in [1.165, 1.54) is 0 Å². The first kappa shape index (κ1) is 11.0. The molecule has 1 aromatic carbocycles. The fourth-order valence-corrected chi connectivity index (χ4v) is 3.01. The van der Waals surface area contributed by atoms with Crippen molar-refractivity contribution in [3.63, 3.8) is 0 Å². The summed E-state index contributed by atoms with van der Waals surface area (Å²) in [7, 11) is 0. The first-order valence-electron chi connectivity index (χ1n) is 5.81. The van der Waals surface area contributed by atoms with Crippen LogP contribution in [0.2, 0.25) is 0 Å². The monoisotopic (exact) mass is 246 g/mol. The molecule has 17 heavy (non-hydrogen) atoms. The van der Waals surface area contributed by atoms with Gasteiger partial charge in [0.2, 0.25) is 0 Å². The third-order valence-corrected chi connectivity index (χ3v) is 4.18. The van der Waals surface area contributed by atoms with E-state index in [2.05, 4.69) is 9.97 Å². The van der Waals surface area contributed by atoms with Crippen LogP contribution < -0.4 is 0 Å². The Kier molecular flexibility index (Phi) is 2.99. The van der Waals surface area contributed by atoms with Crippen molar-refractivity contribution in [1.82, 2.24) is 9.97 Å². The van der Waals surface area contributed by atoms with E-state index in [0.29, 0.717) is 5.25 Å². The maximum Gasteiger partial charge on any atom is 0.118 e. The van der Waals surface area contributed by atoms with Crippen LogP contribution in [0.5, 0.6) is 0 Å². The molecule has 0 N–H and O–H groups in total. The molecule has 3 nitrogen and oxygen atoms in total. The van der Waals surface area contributed by atoms with Gasteiger partial charge in [-0.25, -0.2) is 9.97 Å². The smallest absolute Gasteiger partial charge is 0.118 e. The summed E-state index contributed by atoms with van der Waals surface area (Å²) in [5, 5.41) is 1.57. The second kappa shape index (κ2) is 4.63. The molecule has 2 heterocycles. The Morgan fingerprint density at radius 2 is 2.00 bits per heavy atom.